The number of carbonyl (C=O) groups excluding carboxylic acids is 2. The summed E-state index contributed by atoms with van der Waals surface area (Å²) in [6, 6.07) is 0. The predicted octanol–water partition coefficient (Wildman–Crippen LogP) is 1.23. The number of allylic oxidation sites excluding steroid dienone is 1. The molecule has 0 rings (SSSR count). The molecule has 5 nitrogen and oxygen atoms in total. The second-order valence-electron chi connectivity index (χ2n) is 3.18. The summed E-state index contributed by atoms with van der Waals surface area (Å²) >= 11 is 2.41. The minimum Gasteiger partial charge on any atom is -0.412 e. The van der Waals surface area contributed by atoms with Crippen LogP contribution in [0.3, 0.4) is 0 Å². The van der Waals surface area contributed by atoms with Crippen molar-refractivity contribution in [3.8, 4) is 0 Å². The van der Waals surface area contributed by atoms with E-state index in [0.29, 0.717) is 6.42 Å². The van der Waals surface area contributed by atoms with Gasteiger partial charge in [-0.25, -0.2) is 0 Å². The van der Waals surface area contributed by atoms with Crippen LogP contribution in [-0.4, -0.2) is 44.9 Å². The lowest BCUT2D eigenvalue weighted by atomic mass is 10.2. The Balaban J connectivity index is -0.000000108. The highest BCUT2D eigenvalue weighted by Crippen LogP contribution is 2.04. The Bertz CT molecular complexity index is 244. The molecule has 0 bridgehead atoms. The highest BCUT2D eigenvalue weighted by atomic mass is 32.2. The molecule has 19 heavy (non-hydrogen) atoms. The topological polar surface area (TPSA) is 117 Å². The molecule has 0 saturated carbocycles. The quantitative estimate of drug-likeness (QED) is 0.766. The Morgan fingerprint density at radius 2 is 1.68 bits per heavy atom. The van der Waals surface area contributed by atoms with Crippen LogP contribution in [0.25, 0.3) is 0 Å². The molecule has 0 amide bonds. The molecule has 116 valence electrons. The molecule has 0 fully saturated rings. The van der Waals surface area contributed by atoms with Crippen LogP contribution in [0.5, 0.6) is 0 Å². The second kappa shape index (κ2) is 20.0. The maximum Gasteiger partial charge on any atom is 0.211 e. The van der Waals surface area contributed by atoms with Crippen molar-refractivity contribution in [1.29, 1.82) is 0 Å². The van der Waals surface area contributed by atoms with E-state index in [-0.39, 0.29) is 27.6 Å². The van der Waals surface area contributed by atoms with Crippen molar-refractivity contribution in [3.05, 3.63) is 12.2 Å². The first kappa shape index (κ1) is 27.1. The average molecular weight is 314 g/mol. The molecule has 0 aromatic carbocycles. The third-order valence-corrected chi connectivity index (χ3v) is 2.95. The summed E-state index contributed by atoms with van der Waals surface area (Å²) in [4.78, 5) is 21.0. The summed E-state index contributed by atoms with van der Waals surface area (Å²) in [5.74, 6) is 0. The summed E-state index contributed by atoms with van der Waals surface area (Å²) in [5.41, 5.74) is 0. The molecule has 0 spiro atoms. The number of thioether (sulfide) groups is 2. The molecule has 0 aliphatic heterocycles. The van der Waals surface area contributed by atoms with Crippen molar-refractivity contribution in [3.63, 3.8) is 0 Å². The van der Waals surface area contributed by atoms with E-state index in [1.165, 1.54) is 23.5 Å². The Morgan fingerprint density at radius 3 is 2.00 bits per heavy atom. The van der Waals surface area contributed by atoms with E-state index in [1.54, 1.807) is 18.6 Å². The smallest absolute Gasteiger partial charge is 0.211 e. The van der Waals surface area contributed by atoms with E-state index in [4.69, 9.17) is 5.11 Å². The minimum absolute atomic E-state index is 0. The molecule has 0 saturated heterocycles. The lowest BCUT2D eigenvalue weighted by molar-refractivity contribution is -0.112. The van der Waals surface area contributed by atoms with E-state index in [2.05, 4.69) is 0 Å². The monoisotopic (exact) mass is 314 g/mol. The van der Waals surface area contributed by atoms with Gasteiger partial charge in [-0.05, 0) is 31.4 Å². The summed E-state index contributed by atoms with van der Waals surface area (Å²) in [6.07, 6.45) is 8.41. The van der Waals surface area contributed by atoms with E-state index >= 15 is 0 Å². The summed E-state index contributed by atoms with van der Waals surface area (Å²) in [6.45, 7) is 3.86. The van der Waals surface area contributed by atoms with Gasteiger partial charge in [0.05, 0.1) is 6.10 Å². The van der Waals surface area contributed by atoms with Crippen LogP contribution >= 0.6 is 23.5 Å². The standard InChI is InChI=1S/C6H12O2S.C6H10OS.2H2O/c1-3-5(7)4-6(8)9-2;1-3-4-5-6(7)8-2;;/h5,7H,3-4H2,1-2H3;4-5H,3H2,1-2H3;2*1H2. The van der Waals surface area contributed by atoms with Crippen LogP contribution in [0, 0.1) is 0 Å². The zero-order valence-electron chi connectivity index (χ0n) is 11.9. The molecule has 1 atom stereocenters. The molecule has 7 heteroatoms. The van der Waals surface area contributed by atoms with Crippen LogP contribution < -0.4 is 0 Å². The van der Waals surface area contributed by atoms with E-state index in [1.807, 2.05) is 19.9 Å². The number of hydrogen-bond donors (Lipinski definition) is 1. The fraction of sp³-hybridized carbons (Fsp3) is 0.667. The van der Waals surface area contributed by atoms with Crippen molar-refractivity contribution in [2.45, 2.75) is 39.2 Å². The lowest BCUT2D eigenvalue weighted by Crippen LogP contribution is -2.08. The van der Waals surface area contributed by atoms with Gasteiger partial charge in [0.2, 0.25) is 5.12 Å². The summed E-state index contributed by atoms with van der Waals surface area (Å²) < 4.78 is 0. The van der Waals surface area contributed by atoms with Gasteiger partial charge in [-0.1, -0.05) is 43.4 Å². The SMILES string of the molecule is CCC(O)CC(=O)SC.CCC=CC(=O)SC.O.O. The van der Waals surface area contributed by atoms with E-state index in [9.17, 15) is 9.59 Å². The Morgan fingerprint density at radius 1 is 1.16 bits per heavy atom. The Kier molecular flexibility index (Phi) is 28.5. The van der Waals surface area contributed by atoms with Crippen LogP contribution in [0.2, 0.25) is 0 Å². The fourth-order valence-electron chi connectivity index (χ4n) is 0.702. The molecule has 0 aliphatic carbocycles. The first-order valence-electron chi connectivity index (χ1n) is 5.51. The van der Waals surface area contributed by atoms with Gasteiger partial charge in [0, 0.05) is 6.42 Å². The Labute approximate surface area is 123 Å². The van der Waals surface area contributed by atoms with Gasteiger partial charge in [0.15, 0.2) is 5.12 Å². The van der Waals surface area contributed by atoms with Gasteiger partial charge < -0.3 is 16.1 Å². The lowest BCUT2D eigenvalue weighted by Gasteiger charge is -2.02. The molecule has 0 aromatic rings. The zero-order chi connectivity index (χ0) is 13.7. The van der Waals surface area contributed by atoms with Crippen molar-refractivity contribution in [2.24, 2.45) is 0 Å². The van der Waals surface area contributed by atoms with Crippen LogP contribution in [-0.2, 0) is 9.59 Å². The summed E-state index contributed by atoms with van der Waals surface area (Å²) in [7, 11) is 0. The highest BCUT2D eigenvalue weighted by Gasteiger charge is 2.05. The first-order chi connectivity index (χ1) is 8.01. The van der Waals surface area contributed by atoms with Crippen LogP contribution in [0.15, 0.2) is 12.2 Å². The van der Waals surface area contributed by atoms with Gasteiger partial charge in [-0.2, -0.15) is 0 Å². The van der Waals surface area contributed by atoms with Gasteiger partial charge in [0.1, 0.15) is 0 Å². The number of carbonyl (C=O) groups is 2. The molecule has 0 radical (unpaired) electrons. The predicted molar refractivity (Wildman–Crippen MR) is 84.6 cm³/mol. The van der Waals surface area contributed by atoms with Gasteiger partial charge in [0.25, 0.3) is 0 Å². The minimum atomic E-state index is -0.440. The van der Waals surface area contributed by atoms with E-state index < -0.39 is 6.10 Å². The fourth-order valence-corrected chi connectivity index (χ4v) is 1.29. The van der Waals surface area contributed by atoms with E-state index in [0.717, 1.165) is 6.42 Å². The van der Waals surface area contributed by atoms with Gasteiger partial charge in [-0.15, -0.1) is 0 Å². The maximum atomic E-state index is 10.6. The average Bonchev–Trinajstić information content (AvgIpc) is 2.36. The molecule has 0 heterocycles. The zero-order valence-corrected chi connectivity index (χ0v) is 13.6. The van der Waals surface area contributed by atoms with Gasteiger partial charge >= 0.3 is 0 Å². The highest BCUT2D eigenvalue weighted by molar-refractivity contribution is 8.13. The number of aliphatic hydroxyl groups is 1. The normalized spacial score (nSPS) is 10.6. The molecular formula is C12H26O5S2. The third-order valence-electron chi connectivity index (χ3n) is 1.79. The molecular weight excluding hydrogens is 288 g/mol. The van der Waals surface area contributed by atoms with Crippen LogP contribution in [0.1, 0.15) is 33.1 Å². The number of rotatable bonds is 5. The molecule has 1 unspecified atom stereocenters. The molecule has 0 aromatic heterocycles. The van der Waals surface area contributed by atoms with Crippen molar-refractivity contribution in [2.75, 3.05) is 12.5 Å². The Hall–Kier alpha value is -0.340. The largest absolute Gasteiger partial charge is 0.412 e. The van der Waals surface area contributed by atoms with Crippen molar-refractivity contribution >= 4 is 33.8 Å². The maximum absolute atomic E-state index is 10.6. The van der Waals surface area contributed by atoms with Crippen LogP contribution in [0.4, 0.5) is 0 Å². The molecule has 0 aliphatic rings. The number of aliphatic hydroxyl groups excluding tert-OH is 1. The second-order valence-corrected chi connectivity index (χ2v) is 4.85. The van der Waals surface area contributed by atoms with Gasteiger partial charge in [-0.3, -0.25) is 9.59 Å². The third kappa shape index (κ3) is 23.2. The van der Waals surface area contributed by atoms with Crippen molar-refractivity contribution in [1.82, 2.24) is 0 Å². The number of hydrogen-bond acceptors (Lipinski definition) is 5. The molecule has 5 N–H and O–H groups in total. The van der Waals surface area contributed by atoms with Crippen molar-refractivity contribution < 1.29 is 25.6 Å². The summed E-state index contributed by atoms with van der Waals surface area (Å²) in [5, 5.41) is 9.12. The first-order valence-corrected chi connectivity index (χ1v) is 7.96.